The normalized spacial score (nSPS) is 10.7. The summed E-state index contributed by atoms with van der Waals surface area (Å²) in [5.74, 6) is -0.579. The van der Waals surface area contributed by atoms with E-state index in [4.69, 9.17) is 4.42 Å². The van der Waals surface area contributed by atoms with E-state index in [0.29, 0.717) is 0 Å². The van der Waals surface area contributed by atoms with Gasteiger partial charge in [-0.05, 0) is 5.56 Å². The number of hydrazone groups is 1. The smallest absolute Gasteiger partial charge is 0.427 e. The van der Waals surface area contributed by atoms with Crippen molar-refractivity contribution in [3.63, 3.8) is 0 Å². The van der Waals surface area contributed by atoms with Crippen molar-refractivity contribution >= 4 is 29.4 Å². The third-order valence-electron chi connectivity index (χ3n) is 4.28. The molecular weight excluding hydrogens is 442 g/mol. The van der Waals surface area contributed by atoms with Gasteiger partial charge in [0.15, 0.2) is 0 Å². The molecule has 14 heteroatoms. The highest BCUT2D eigenvalue weighted by Gasteiger charge is 2.32. The summed E-state index contributed by atoms with van der Waals surface area (Å²) in [6, 6.07) is 10.1. The van der Waals surface area contributed by atoms with Crippen molar-refractivity contribution in [1.29, 1.82) is 0 Å². The van der Waals surface area contributed by atoms with Crippen LogP contribution >= 0.6 is 0 Å². The van der Waals surface area contributed by atoms with Crippen LogP contribution in [0.25, 0.3) is 22.5 Å². The van der Waals surface area contributed by atoms with Crippen LogP contribution in [-0.2, 0) is 4.74 Å². The lowest BCUT2D eigenvalue weighted by atomic mass is 9.99. The van der Waals surface area contributed by atoms with Gasteiger partial charge in [-0.25, -0.2) is 10.2 Å². The summed E-state index contributed by atoms with van der Waals surface area (Å²) in [5, 5.41) is 37.9. The molecule has 168 valence electrons. The summed E-state index contributed by atoms with van der Waals surface area (Å²) in [6.07, 6.45) is -0.102. The largest absolute Gasteiger partial charge is 0.452 e. The second-order valence-corrected chi connectivity index (χ2v) is 6.25. The molecule has 1 heterocycles. The first-order chi connectivity index (χ1) is 15.7. The van der Waals surface area contributed by atoms with Crippen LogP contribution in [0.5, 0.6) is 0 Å². The summed E-state index contributed by atoms with van der Waals surface area (Å²) in [6.45, 7) is 0. The number of carbonyl (C=O) groups excluding carboxylic acids is 1. The van der Waals surface area contributed by atoms with Crippen molar-refractivity contribution in [2.24, 2.45) is 5.10 Å². The van der Waals surface area contributed by atoms with Gasteiger partial charge in [-0.2, -0.15) is 5.10 Å². The number of nitro groups is 3. The minimum absolute atomic E-state index is 0.0572. The van der Waals surface area contributed by atoms with Gasteiger partial charge >= 0.3 is 11.8 Å². The Labute approximate surface area is 183 Å². The number of ether oxygens (including phenoxy) is 1. The Kier molecular flexibility index (Phi) is 6.38. The quantitative estimate of drug-likeness (QED) is 0.311. The van der Waals surface area contributed by atoms with Crippen LogP contribution < -0.4 is 5.43 Å². The third-order valence-corrected chi connectivity index (χ3v) is 4.28. The molecule has 0 bridgehead atoms. The van der Waals surface area contributed by atoms with Crippen molar-refractivity contribution in [3.8, 4) is 22.5 Å². The minimum atomic E-state index is -0.946. The van der Waals surface area contributed by atoms with E-state index in [1.807, 2.05) is 5.43 Å². The van der Waals surface area contributed by atoms with Gasteiger partial charge in [0.2, 0.25) is 5.76 Å². The average Bonchev–Trinajstić information content (AvgIpc) is 3.18. The van der Waals surface area contributed by atoms with Crippen molar-refractivity contribution in [2.45, 2.75) is 0 Å². The number of hydrogen-bond donors (Lipinski definition) is 1. The fourth-order valence-corrected chi connectivity index (χ4v) is 2.90. The summed E-state index contributed by atoms with van der Waals surface area (Å²) in [7, 11) is 1.08. The monoisotopic (exact) mass is 455 g/mol. The SMILES string of the molecule is COC(=O)N/N=C/c1oc(-c2cccc([N+](=O)[O-])c2)c(-c2cccc([N+](=O)[O-])c2)c1[N+](=O)[O-]. The van der Waals surface area contributed by atoms with E-state index in [9.17, 15) is 35.1 Å². The third kappa shape index (κ3) is 4.79. The molecule has 3 rings (SSSR count). The molecule has 1 N–H and O–H groups in total. The molecule has 1 aromatic heterocycles. The zero-order chi connectivity index (χ0) is 24.1. The van der Waals surface area contributed by atoms with Gasteiger partial charge in [0, 0.05) is 29.8 Å². The van der Waals surface area contributed by atoms with Gasteiger partial charge in [-0.1, -0.05) is 24.3 Å². The second kappa shape index (κ2) is 9.34. The molecule has 0 atom stereocenters. The standard InChI is InChI=1S/C19H13N5O9/c1-32-19(25)21-20-10-15-17(24(30)31)16(11-4-2-6-13(8-11)22(26)27)18(33-15)12-5-3-7-14(9-12)23(28)29/h2-10H,1H3,(H,21,25)/b20-10+. The molecule has 0 aliphatic carbocycles. The number of furan rings is 1. The molecule has 0 saturated carbocycles. The summed E-state index contributed by atoms with van der Waals surface area (Å²) >= 11 is 0. The van der Waals surface area contributed by atoms with Gasteiger partial charge < -0.3 is 9.15 Å². The molecule has 3 aromatic rings. The van der Waals surface area contributed by atoms with Crippen LogP contribution in [0.1, 0.15) is 5.76 Å². The van der Waals surface area contributed by atoms with E-state index >= 15 is 0 Å². The van der Waals surface area contributed by atoms with Crippen LogP contribution in [-0.4, -0.2) is 34.2 Å². The number of amides is 1. The number of non-ortho nitro benzene ring substituents is 2. The lowest BCUT2D eigenvalue weighted by Gasteiger charge is -2.03. The number of methoxy groups -OCH3 is 1. The number of nitro benzene ring substituents is 2. The number of nitrogens with one attached hydrogen (secondary N) is 1. The van der Waals surface area contributed by atoms with E-state index in [2.05, 4.69) is 9.84 Å². The first-order valence-corrected chi connectivity index (χ1v) is 8.90. The summed E-state index contributed by atoms with van der Waals surface area (Å²) < 4.78 is 9.97. The lowest BCUT2D eigenvalue weighted by molar-refractivity contribution is -0.385. The molecule has 0 aliphatic heterocycles. The summed E-state index contributed by atoms with van der Waals surface area (Å²) in [4.78, 5) is 43.4. The molecule has 0 saturated heterocycles. The van der Waals surface area contributed by atoms with Crippen LogP contribution in [0.4, 0.5) is 21.9 Å². The van der Waals surface area contributed by atoms with Gasteiger partial charge in [0.1, 0.15) is 11.3 Å². The van der Waals surface area contributed by atoms with E-state index < -0.39 is 32.3 Å². The molecule has 1 amide bonds. The van der Waals surface area contributed by atoms with Crippen LogP contribution in [0.3, 0.4) is 0 Å². The van der Waals surface area contributed by atoms with Crippen molar-refractivity contribution in [1.82, 2.24) is 5.43 Å². The maximum Gasteiger partial charge on any atom is 0.427 e. The van der Waals surface area contributed by atoms with Gasteiger partial charge in [0.05, 0.1) is 28.1 Å². The highest BCUT2D eigenvalue weighted by Crippen LogP contribution is 2.44. The fraction of sp³-hybridized carbons (Fsp3) is 0.0526. The number of rotatable bonds is 7. The first kappa shape index (κ1) is 22.5. The Balaban J connectivity index is 2.30. The Morgan fingerprint density at radius 3 is 2.09 bits per heavy atom. The molecule has 2 aromatic carbocycles. The predicted octanol–water partition coefficient (Wildman–Crippen LogP) is 4.03. The highest BCUT2D eigenvalue weighted by atomic mass is 16.6. The Bertz CT molecular complexity index is 1300. The van der Waals surface area contributed by atoms with Crippen LogP contribution in [0, 0.1) is 30.3 Å². The van der Waals surface area contributed by atoms with E-state index in [1.54, 1.807) is 0 Å². The zero-order valence-corrected chi connectivity index (χ0v) is 16.7. The van der Waals surface area contributed by atoms with Crippen molar-refractivity contribution < 1.29 is 28.7 Å². The van der Waals surface area contributed by atoms with Gasteiger partial charge in [0.25, 0.3) is 11.4 Å². The Morgan fingerprint density at radius 1 is 0.970 bits per heavy atom. The number of hydrogen-bond acceptors (Lipinski definition) is 10. The molecule has 0 radical (unpaired) electrons. The Morgan fingerprint density at radius 2 is 1.55 bits per heavy atom. The molecule has 33 heavy (non-hydrogen) atoms. The van der Waals surface area contributed by atoms with Crippen LogP contribution in [0.2, 0.25) is 0 Å². The van der Waals surface area contributed by atoms with Gasteiger partial charge in [-0.15, -0.1) is 0 Å². The topological polar surface area (TPSA) is 193 Å². The van der Waals surface area contributed by atoms with E-state index in [1.165, 1.54) is 36.4 Å². The lowest BCUT2D eigenvalue weighted by Crippen LogP contribution is -2.16. The number of carbonyl (C=O) groups is 1. The molecular formula is C19H13N5O9. The van der Waals surface area contributed by atoms with Crippen molar-refractivity contribution in [2.75, 3.05) is 7.11 Å². The highest BCUT2D eigenvalue weighted by molar-refractivity contribution is 5.96. The fourth-order valence-electron chi connectivity index (χ4n) is 2.90. The molecule has 0 aliphatic rings. The molecule has 0 fully saturated rings. The zero-order valence-electron chi connectivity index (χ0n) is 16.7. The minimum Gasteiger partial charge on any atom is -0.452 e. The van der Waals surface area contributed by atoms with Crippen LogP contribution in [0.15, 0.2) is 58.0 Å². The molecule has 14 nitrogen and oxygen atoms in total. The number of benzene rings is 2. The van der Waals surface area contributed by atoms with Crippen molar-refractivity contribution in [3.05, 3.63) is 84.6 Å². The second-order valence-electron chi connectivity index (χ2n) is 6.25. The summed E-state index contributed by atoms with van der Waals surface area (Å²) in [5.41, 5.74) is 0.688. The maximum absolute atomic E-state index is 11.9. The molecule has 0 unspecified atom stereocenters. The van der Waals surface area contributed by atoms with E-state index in [0.717, 1.165) is 25.5 Å². The Hall–Kier alpha value is -5.14. The average molecular weight is 455 g/mol. The van der Waals surface area contributed by atoms with E-state index in [-0.39, 0.29) is 33.8 Å². The molecule has 0 spiro atoms. The first-order valence-electron chi connectivity index (χ1n) is 8.90. The maximum atomic E-state index is 11.9. The predicted molar refractivity (Wildman–Crippen MR) is 113 cm³/mol. The van der Waals surface area contributed by atoms with Gasteiger partial charge in [-0.3, -0.25) is 30.3 Å². The number of nitrogens with zero attached hydrogens (tertiary/aromatic N) is 4.